The van der Waals surface area contributed by atoms with Crippen molar-refractivity contribution in [2.45, 2.75) is 27.3 Å². The summed E-state index contributed by atoms with van der Waals surface area (Å²) in [6, 6.07) is 7.92. The van der Waals surface area contributed by atoms with Gasteiger partial charge in [-0.15, -0.1) is 0 Å². The molecule has 0 radical (unpaired) electrons. The SMILES string of the molecule is CCOC(=O)c1c(C)[nH]c(C)c1C(=O)CN1CCN(Cc2cccc(Cl)c2)CC1. The molecule has 1 fully saturated rings. The largest absolute Gasteiger partial charge is 0.462 e. The average Bonchev–Trinajstić information content (AvgIpc) is 2.97. The van der Waals surface area contributed by atoms with E-state index in [-0.39, 0.29) is 12.4 Å². The van der Waals surface area contributed by atoms with Crippen molar-refractivity contribution >= 4 is 23.4 Å². The third-order valence-corrected chi connectivity index (χ3v) is 5.50. The summed E-state index contributed by atoms with van der Waals surface area (Å²) in [5, 5.41) is 0.751. The number of nitrogens with one attached hydrogen (secondary N) is 1. The van der Waals surface area contributed by atoms with Crippen LogP contribution in [0.4, 0.5) is 0 Å². The lowest BCUT2D eigenvalue weighted by Gasteiger charge is -2.34. The van der Waals surface area contributed by atoms with Gasteiger partial charge in [-0.3, -0.25) is 14.6 Å². The van der Waals surface area contributed by atoms with Crippen molar-refractivity contribution in [3.05, 3.63) is 57.4 Å². The topological polar surface area (TPSA) is 65.6 Å². The maximum Gasteiger partial charge on any atom is 0.340 e. The molecule has 6 nitrogen and oxygen atoms in total. The Kier molecular flexibility index (Phi) is 7.11. The molecule has 29 heavy (non-hydrogen) atoms. The molecule has 7 heteroatoms. The highest BCUT2D eigenvalue weighted by Crippen LogP contribution is 2.21. The molecule has 0 spiro atoms. The third kappa shape index (κ3) is 5.26. The highest BCUT2D eigenvalue weighted by molar-refractivity contribution is 6.30. The minimum atomic E-state index is -0.441. The number of hydrogen-bond acceptors (Lipinski definition) is 5. The quantitative estimate of drug-likeness (QED) is 0.552. The highest BCUT2D eigenvalue weighted by Gasteiger charge is 2.27. The molecule has 2 heterocycles. The fourth-order valence-corrected chi connectivity index (χ4v) is 4.08. The number of carbonyl (C=O) groups excluding carboxylic acids is 2. The van der Waals surface area contributed by atoms with Gasteiger partial charge < -0.3 is 9.72 Å². The second-order valence-electron chi connectivity index (χ2n) is 7.45. The van der Waals surface area contributed by atoms with Gasteiger partial charge in [0.25, 0.3) is 0 Å². The van der Waals surface area contributed by atoms with Gasteiger partial charge in [-0.2, -0.15) is 0 Å². The van der Waals surface area contributed by atoms with Crippen molar-refractivity contribution in [2.24, 2.45) is 0 Å². The van der Waals surface area contributed by atoms with Gasteiger partial charge in [0.2, 0.25) is 0 Å². The van der Waals surface area contributed by atoms with E-state index in [1.807, 2.05) is 25.1 Å². The number of halogens is 1. The zero-order valence-corrected chi connectivity index (χ0v) is 18.0. The summed E-state index contributed by atoms with van der Waals surface area (Å²) in [7, 11) is 0. The molecule has 2 aromatic rings. The van der Waals surface area contributed by atoms with E-state index in [1.54, 1.807) is 13.8 Å². The number of esters is 1. The first-order valence-electron chi connectivity index (χ1n) is 9.97. The Labute approximate surface area is 176 Å². The summed E-state index contributed by atoms with van der Waals surface area (Å²) in [4.78, 5) is 32.9. The number of nitrogens with zero attached hydrogens (tertiary/aromatic N) is 2. The zero-order valence-electron chi connectivity index (χ0n) is 17.3. The van der Waals surface area contributed by atoms with E-state index >= 15 is 0 Å². The minimum absolute atomic E-state index is 0.0433. The molecule has 1 N–H and O–H groups in total. The molecule has 1 aliphatic rings. The molecule has 156 valence electrons. The van der Waals surface area contributed by atoms with Crippen LogP contribution in [0.1, 0.15) is 44.6 Å². The Hall–Kier alpha value is -2.15. The second-order valence-corrected chi connectivity index (χ2v) is 7.89. The van der Waals surface area contributed by atoms with Crippen LogP contribution in [0.25, 0.3) is 0 Å². The Morgan fingerprint density at radius 1 is 1.07 bits per heavy atom. The van der Waals surface area contributed by atoms with Crippen molar-refractivity contribution in [2.75, 3.05) is 39.3 Å². The number of aromatic amines is 1. The number of H-pyrrole nitrogens is 1. The maximum atomic E-state index is 13.0. The zero-order chi connectivity index (χ0) is 21.0. The van der Waals surface area contributed by atoms with Crippen LogP contribution in [0.2, 0.25) is 5.02 Å². The van der Waals surface area contributed by atoms with E-state index < -0.39 is 5.97 Å². The summed E-state index contributed by atoms with van der Waals surface area (Å²) in [6.07, 6.45) is 0. The number of Topliss-reactive ketones (excluding diaryl/α,β-unsaturated/α-hetero) is 1. The summed E-state index contributed by atoms with van der Waals surface area (Å²) in [6.45, 7) is 10.2. The molecular weight excluding hydrogens is 390 g/mol. The number of hydrogen-bond donors (Lipinski definition) is 1. The maximum absolute atomic E-state index is 13.0. The number of ketones is 1. The van der Waals surface area contributed by atoms with Crippen LogP contribution in [0, 0.1) is 13.8 Å². The van der Waals surface area contributed by atoms with E-state index in [2.05, 4.69) is 20.9 Å². The molecule has 3 rings (SSSR count). The summed E-state index contributed by atoms with van der Waals surface area (Å²) >= 11 is 6.07. The lowest BCUT2D eigenvalue weighted by Crippen LogP contribution is -2.47. The Balaban J connectivity index is 1.59. The highest BCUT2D eigenvalue weighted by atomic mass is 35.5. The van der Waals surface area contributed by atoms with Gasteiger partial charge >= 0.3 is 5.97 Å². The number of carbonyl (C=O) groups is 2. The van der Waals surface area contributed by atoms with Crippen LogP contribution < -0.4 is 0 Å². The Morgan fingerprint density at radius 3 is 2.38 bits per heavy atom. The van der Waals surface area contributed by atoms with Crippen LogP contribution >= 0.6 is 11.6 Å². The molecule has 1 aliphatic heterocycles. The van der Waals surface area contributed by atoms with Crippen LogP contribution in [-0.4, -0.2) is 65.9 Å². The lowest BCUT2D eigenvalue weighted by atomic mass is 10.0. The van der Waals surface area contributed by atoms with Crippen LogP contribution in [0.5, 0.6) is 0 Å². The van der Waals surface area contributed by atoms with Gasteiger partial charge in [0.1, 0.15) is 0 Å². The van der Waals surface area contributed by atoms with Gasteiger partial charge in [-0.05, 0) is 38.5 Å². The molecule has 0 saturated carbocycles. The van der Waals surface area contributed by atoms with Crippen molar-refractivity contribution in [3.63, 3.8) is 0 Å². The van der Waals surface area contributed by atoms with E-state index in [9.17, 15) is 9.59 Å². The van der Waals surface area contributed by atoms with Crippen LogP contribution in [0.15, 0.2) is 24.3 Å². The van der Waals surface area contributed by atoms with Crippen LogP contribution in [-0.2, 0) is 11.3 Å². The smallest absolute Gasteiger partial charge is 0.340 e. The van der Waals surface area contributed by atoms with E-state index in [4.69, 9.17) is 16.3 Å². The standard InChI is InChI=1S/C22H28ClN3O3/c1-4-29-22(28)21-16(3)24-15(2)20(21)19(27)14-26-10-8-25(9-11-26)13-17-6-5-7-18(23)12-17/h5-7,12,24H,4,8-11,13-14H2,1-3H3. The number of rotatable bonds is 7. The summed E-state index contributed by atoms with van der Waals surface area (Å²) in [5.41, 5.74) is 3.42. The number of aromatic nitrogens is 1. The van der Waals surface area contributed by atoms with Crippen LogP contribution in [0.3, 0.4) is 0 Å². The first-order valence-corrected chi connectivity index (χ1v) is 10.4. The van der Waals surface area contributed by atoms with Crippen molar-refractivity contribution < 1.29 is 14.3 Å². The predicted molar refractivity (Wildman–Crippen MR) is 114 cm³/mol. The normalized spacial score (nSPS) is 15.4. The van der Waals surface area contributed by atoms with Gasteiger partial charge in [0.05, 0.1) is 24.3 Å². The van der Waals surface area contributed by atoms with Gasteiger partial charge in [-0.1, -0.05) is 23.7 Å². The molecule has 0 unspecified atom stereocenters. The molecule has 0 amide bonds. The first kappa shape index (κ1) is 21.6. The predicted octanol–water partition coefficient (Wildman–Crippen LogP) is 3.46. The van der Waals surface area contributed by atoms with E-state index in [0.717, 1.165) is 43.4 Å². The van der Waals surface area contributed by atoms with Gasteiger partial charge in [-0.25, -0.2) is 4.79 Å². The molecule has 1 saturated heterocycles. The number of aryl methyl sites for hydroxylation is 2. The molecule has 1 aromatic heterocycles. The fourth-order valence-electron chi connectivity index (χ4n) is 3.87. The van der Waals surface area contributed by atoms with E-state index in [0.29, 0.717) is 23.4 Å². The van der Waals surface area contributed by atoms with Crippen molar-refractivity contribution in [3.8, 4) is 0 Å². The first-order chi connectivity index (χ1) is 13.9. The Bertz CT molecular complexity index is 885. The monoisotopic (exact) mass is 417 g/mol. The minimum Gasteiger partial charge on any atom is -0.462 e. The molecule has 0 aliphatic carbocycles. The number of benzene rings is 1. The second kappa shape index (κ2) is 9.57. The van der Waals surface area contributed by atoms with Crippen molar-refractivity contribution in [1.29, 1.82) is 0 Å². The summed E-state index contributed by atoms with van der Waals surface area (Å²) in [5.74, 6) is -0.484. The fraction of sp³-hybridized carbons (Fsp3) is 0.455. The lowest BCUT2D eigenvalue weighted by molar-refractivity contribution is 0.0521. The number of ether oxygens (including phenoxy) is 1. The summed E-state index contributed by atoms with van der Waals surface area (Å²) < 4.78 is 5.14. The number of piperazine rings is 1. The molecule has 0 bridgehead atoms. The molecular formula is C22H28ClN3O3. The van der Waals surface area contributed by atoms with Gasteiger partial charge in [0, 0.05) is 49.1 Å². The average molecular weight is 418 g/mol. The Morgan fingerprint density at radius 2 is 1.72 bits per heavy atom. The molecule has 0 atom stereocenters. The third-order valence-electron chi connectivity index (χ3n) is 5.26. The van der Waals surface area contributed by atoms with Gasteiger partial charge in [0.15, 0.2) is 5.78 Å². The molecule has 1 aromatic carbocycles. The van der Waals surface area contributed by atoms with Crippen molar-refractivity contribution in [1.82, 2.24) is 14.8 Å². The van der Waals surface area contributed by atoms with E-state index in [1.165, 1.54) is 5.56 Å².